The van der Waals surface area contributed by atoms with E-state index in [1.165, 1.54) is 6.26 Å². The van der Waals surface area contributed by atoms with Crippen molar-refractivity contribution in [3.05, 3.63) is 75.4 Å². The van der Waals surface area contributed by atoms with Crippen LogP contribution >= 0.6 is 11.6 Å². The zero-order valence-electron chi connectivity index (χ0n) is 13.0. The smallest absolute Gasteiger partial charge is 0.197 e. The van der Waals surface area contributed by atoms with Gasteiger partial charge in [-0.05, 0) is 29.8 Å². The van der Waals surface area contributed by atoms with Crippen LogP contribution in [0, 0.1) is 0 Å². The van der Waals surface area contributed by atoms with Crippen molar-refractivity contribution in [2.24, 2.45) is 0 Å². The number of hydrogen-bond acceptors (Lipinski definition) is 5. The molecule has 0 aliphatic rings. The van der Waals surface area contributed by atoms with Crippen LogP contribution in [-0.4, -0.2) is 28.1 Å². The second-order valence-electron chi connectivity index (χ2n) is 5.53. The van der Waals surface area contributed by atoms with E-state index in [9.17, 15) is 9.90 Å². The van der Waals surface area contributed by atoms with Gasteiger partial charge < -0.3 is 9.52 Å². The fraction of sp³-hybridized carbons (Fsp3) is 0.222. The van der Waals surface area contributed by atoms with Crippen LogP contribution in [0.5, 0.6) is 0 Å². The van der Waals surface area contributed by atoms with Crippen molar-refractivity contribution in [3.8, 4) is 0 Å². The van der Waals surface area contributed by atoms with E-state index < -0.39 is 0 Å². The van der Waals surface area contributed by atoms with E-state index in [0.29, 0.717) is 41.2 Å². The van der Waals surface area contributed by atoms with Gasteiger partial charge in [0.05, 0.1) is 18.3 Å². The zero-order valence-corrected chi connectivity index (χ0v) is 13.7. The third-order valence-electron chi connectivity index (χ3n) is 3.75. The van der Waals surface area contributed by atoms with Gasteiger partial charge in [-0.25, -0.2) is 0 Å². The van der Waals surface area contributed by atoms with Crippen molar-refractivity contribution in [2.75, 3.05) is 13.2 Å². The molecule has 124 valence electrons. The molecular formula is C18H17ClN2O3. The molecule has 1 aromatic carbocycles. The van der Waals surface area contributed by atoms with Crippen molar-refractivity contribution in [1.82, 2.24) is 9.88 Å². The van der Waals surface area contributed by atoms with Gasteiger partial charge in [-0.3, -0.25) is 14.7 Å². The van der Waals surface area contributed by atoms with Crippen LogP contribution in [0.3, 0.4) is 0 Å². The molecule has 3 rings (SSSR count). The summed E-state index contributed by atoms with van der Waals surface area (Å²) in [5, 5.41) is 10.3. The van der Waals surface area contributed by atoms with Crippen molar-refractivity contribution in [1.29, 1.82) is 0 Å². The Balaban J connectivity index is 1.88. The van der Waals surface area contributed by atoms with Crippen LogP contribution in [0.15, 0.2) is 58.2 Å². The number of aliphatic hydroxyl groups is 1. The van der Waals surface area contributed by atoms with E-state index >= 15 is 0 Å². The first-order valence-electron chi connectivity index (χ1n) is 7.59. The van der Waals surface area contributed by atoms with Gasteiger partial charge in [0.1, 0.15) is 5.58 Å². The molecule has 0 atom stereocenters. The molecule has 5 nitrogen and oxygen atoms in total. The van der Waals surface area contributed by atoms with E-state index in [-0.39, 0.29) is 12.0 Å². The summed E-state index contributed by atoms with van der Waals surface area (Å²) >= 11 is 5.97. The van der Waals surface area contributed by atoms with Crippen LogP contribution in [0.4, 0.5) is 0 Å². The number of rotatable bonds is 6. The third kappa shape index (κ3) is 3.82. The number of halogens is 1. The summed E-state index contributed by atoms with van der Waals surface area (Å²) in [4.78, 5) is 18.7. The second kappa shape index (κ2) is 7.57. The summed E-state index contributed by atoms with van der Waals surface area (Å²) in [6.45, 7) is 1.41. The van der Waals surface area contributed by atoms with Crippen LogP contribution in [0.25, 0.3) is 11.0 Å². The maximum absolute atomic E-state index is 12.7. The van der Waals surface area contributed by atoms with Gasteiger partial charge in [-0.15, -0.1) is 0 Å². The number of hydrogen-bond donors (Lipinski definition) is 1. The fourth-order valence-electron chi connectivity index (χ4n) is 2.60. The van der Waals surface area contributed by atoms with Crippen molar-refractivity contribution >= 4 is 22.6 Å². The zero-order chi connectivity index (χ0) is 16.9. The maximum Gasteiger partial charge on any atom is 0.197 e. The number of aromatic nitrogens is 1. The predicted molar refractivity (Wildman–Crippen MR) is 92.9 cm³/mol. The van der Waals surface area contributed by atoms with Gasteiger partial charge in [-0.2, -0.15) is 0 Å². The van der Waals surface area contributed by atoms with Crippen LogP contribution in [-0.2, 0) is 13.1 Å². The molecular weight excluding hydrogens is 328 g/mol. The Bertz CT molecular complexity index is 880. The molecule has 0 bridgehead atoms. The number of nitrogens with zero attached hydrogens (tertiary/aromatic N) is 2. The lowest BCUT2D eigenvalue weighted by atomic mass is 10.1. The maximum atomic E-state index is 12.7. The molecule has 2 aromatic heterocycles. The van der Waals surface area contributed by atoms with Gasteiger partial charge in [0.2, 0.25) is 0 Å². The minimum Gasteiger partial charge on any atom is -0.464 e. The largest absolute Gasteiger partial charge is 0.464 e. The van der Waals surface area contributed by atoms with E-state index in [0.717, 1.165) is 5.56 Å². The van der Waals surface area contributed by atoms with Gasteiger partial charge in [-0.1, -0.05) is 17.7 Å². The quantitative estimate of drug-likeness (QED) is 0.744. The molecule has 0 aliphatic heterocycles. The molecule has 0 amide bonds. The number of benzene rings is 1. The molecule has 0 spiro atoms. The standard InChI is InChI=1S/C18H17ClN2O3/c19-15-3-4-17-16(8-15)18(23)14(12-24-17)11-21(6-7-22)10-13-2-1-5-20-9-13/h1-5,8-9,12,22H,6-7,10-11H2. The summed E-state index contributed by atoms with van der Waals surface area (Å²) in [6, 6.07) is 8.81. The molecule has 6 heteroatoms. The normalized spacial score (nSPS) is 11.3. The van der Waals surface area contributed by atoms with Crippen LogP contribution in [0.2, 0.25) is 5.02 Å². The number of aliphatic hydroxyl groups excluding tert-OH is 1. The summed E-state index contributed by atoms with van der Waals surface area (Å²) < 4.78 is 5.55. The molecule has 24 heavy (non-hydrogen) atoms. The first kappa shape index (κ1) is 16.6. The highest BCUT2D eigenvalue weighted by Gasteiger charge is 2.12. The summed E-state index contributed by atoms with van der Waals surface area (Å²) in [5.41, 5.74) is 1.95. The monoisotopic (exact) mass is 344 g/mol. The highest BCUT2D eigenvalue weighted by molar-refractivity contribution is 6.31. The molecule has 0 fully saturated rings. The van der Waals surface area contributed by atoms with E-state index in [1.54, 1.807) is 30.6 Å². The lowest BCUT2D eigenvalue weighted by molar-refractivity contribution is 0.183. The Morgan fingerprint density at radius 1 is 1.25 bits per heavy atom. The number of fused-ring (bicyclic) bond motifs is 1. The summed E-state index contributed by atoms with van der Waals surface area (Å²) in [7, 11) is 0. The molecule has 0 saturated heterocycles. The van der Waals surface area contributed by atoms with Crippen LogP contribution in [0.1, 0.15) is 11.1 Å². The number of pyridine rings is 1. The van der Waals surface area contributed by atoms with Crippen molar-refractivity contribution in [2.45, 2.75) is 13.1 Å². The van der Waals surface area contributed by atoms with Gasteiger partial charge in [0, 0.05) is 42.6 Å². The SMILES string of the molecule is O=c1c(CN(CCO)Cc2cccnc2)coc2ccc(Cl)cc12. The third-order valence-corrected chi connectivity index (χ3v) is 3.98. The highest BCUT2D eigenvalue weighted by Crippen LogP contribution is 2.18. The molecule has 3 aromatic rings. The molecule has 0 radical (unpaired) electrons. The average Bonchev–Trinajstić information content (AvgIpc) is 2.59. The highest BCUT2D eigenvalue weighted by atomic mass is 35.5. The van der Waals surface area contributed by atoms with E-state index in [2.05, 4.69) is 4.98 Å². The molecule has 1 N–H and O–H groups in total. The van der Waals surface area contributed by atoms with E-state index in [1.807, 2.05) is 17.0 Å². The first-order chi connectivity index (χ1) is 11.7. The summed E-state index contributed by atoms with van der Waals surface area (Å²) in [6.07, 6.45) is 4.96. The Hall–Kier alpha value is -2.21. The average molecular weight is 345 g/mol. The Kier molecular flexibility index (Phi) is 5.25. The lowest BCUT2D eigenvalue weighted by Gasteiger charge is -2.20. The summed E-state index contributed by atoms with van der Waals surface area (Å²) in [5.74, 6) is 0. The second-order valence-corrected chi connectivity index (χ2v) is 5.96. The fourth-order valence-corrected chi connectivity index (χ4v) is 2.77. The Morgan fingerprint density at radius 2 is 2.12 bits per heavy atom. The molecule has 0 unspecified atom stereocenters. The van der Waals surface area contributed by atoms with Crippen molar-refractivity contribution < 1.29 is 9.52 Å². The van der Waals surface area contributed by atoms with Crippen LogP contribution < -0.4 is 5.43 Å². The first-order valence-corrected chi connectivity index (χ1v) is 7.97. The molecule has 0 aliphatic carbocycles. The lowest BCUT2D eigenvalue weighted by Crippen LogP contribution is -2.28. The molecule has 2 heterocycles. The Labute approximate surface area is 144 Å². The topological polar surface area (TPSA) is 66.6 Å². The predicted octanol–water partition coefficient (Wildman–Crippen LogP) is 2.84. The van der Waals surface area contributed by atoms with Gasteiger partial charge >= 0.3 is 0 Å². The van der Waals surface area contributed by atoms with Gasteiger partial charge in [0.15, 0.2) is 5.43 Å². The molecule has 0 saturated carbocycles. The minimum atomic E-state index is -0.104. The minimum absolute atomic E-state index is 0.00497. The Morgan fingerprint density at radius 3 is 2.88 bits per heavy atom. The van der Waals surface area contributed by atoms with Crippen molar-refractivity contribution in [3.63, 3.8) is 0 Å². The van der Waals surface area contributed by atoms with Gasteiger partial charge in [0.25, 0.3) is 0 Å². The van der Waals surface area contributed by atoms with E-state index in [4.69, 9.17) is 16.0 Å².